The quantitative estimate of drug-likeness (QED) is 0.437. The van der Waals surface area contributed by atoms with Crippen molar-refractivity contribution >= 4 is 17.4 Å². The minimum absolute atomic E-state index is 0.0745. The molecule has 3 aromatic rings. The van der Waals surface area contributed by atoms with Crippen LogP contribution in [-0.4, -0.2) is 35.6 Å². The fraction of sp³-hybridized carbons (Fsp3) is 0.238. The van der Waals surface area contributed by atoms with Crippen LogP contribution in [0, 0.1) is 0 Å². The number of hydrogen-bond acceptors (Lipinski definition) is 4. The molecule has 0 aliphatic rings. The van der Waals surface area contributed by atoms with E-state index in [4.69, 9.17) is 21.1 Å². The third-order valence-electron chi connectivity index (χ3n) is 4.00. The lowest BCUT2D eigenvalue weighted by Gasteiger charge is -2.06. The van der Waals surface area contributed by atoms with Crippen LogP contribution in [0.4, 0.5) is 0 Å². The number of rotatable bonds is 8. The second-order valence-corrected chi connectivity index (χ2v) is 6.38. The van der Waals surface area contributed by atoms with Gasteiger partial charge in [-0.05, 0) is 43.3 Å². The largest absolute Gasteiger partial charge is 0.491 e. The molecule has 140 valence electrons. The lowest BCUT2D eigenvalue weighted by atomic mass is 10.1. The predicted molar refractivity (Wildman–Crippen MR) is 106 cm³/mol. The zero-order valence-corrected chi connectivity index (χ0v) is 16.0. The zero-order valence-electron chi connectivity index (χ0n) is 15.3. The van der Waals surface area contributed by atoms with Crippen LogP contribution < -0.4 is 4.74 Å². The van der Waals surface area contributed by atoms with E-state index < -0.39 is 0 Å². The summed E-state index contributed by atoms with van der Waals surface area (Å²) in [7, 11) is 0. The van der Waals surface area contributed by atoms with Crippen molar-refractivity contribution in [2.45, 2.75) is 13.8 Å². The van der Waals surface area contributed by atoms with Crippen LogP contribution >= 0.6 is 11.6 Å². The topological polar surface area (TPSA) is 64.2 Å². The smallest absolute Gasteiger partial charge is 0.178 e. The third-order valence-corrected chi connectivity index (χ3v) is 4.25. The summed E-state index contributed by atoms with van der Waals surface area (Å²) < 4.78 is 10.9. The molecule has 1 N–H and O–H groups in total. The summed E-state index contributed by atoms with van der Waals surface area (Å²) in [5, 5.41) is 0.638. The monoisotopic (exact) mass is 384 g/mol. The van der Waals surface area contributed by atoms with Gasteiger partial charge in [0.2, 0.25) is 0 Å². The Bertz CT molecular complexity index is 902. The Hall–Kier alpha value is -2.63. The van der Waals surface area contributed by atoms with Gasteiger partial charge >= 0.3 is 0 Å². The van der Waals surface area contributed by atoms with Gasteiger partial charge in [-0.3, -0.25) is 4.79 Å². The van der Waals surface area contributed by atoms with Crippen molar-refractivity contribution in [3.8, 4) is 28.4 Å². The number of aromatic amines is 1. The maximum Gasteiger partial charge on any atom is 0.178 e. The number of halogens is 1. The maximum absolute atomic E-state index is 12.0. The molecular formula is C21H21ClN2O3. The maximum atomic E-state index is 12.0. The fourth-order valence-corrected chi connectivity index (χ4v) is 2.78. The molecule has 0 aliphatic heterocycles. The molecule has 0 unspecified atom stereocenters. The summed E-state index contributed by atoms with van der Waals surface area (Å²) in [4.78, 5) is 19.8. The molecule has 6 heteroatoms. The third kappa shape index (κ3) is 4.76. The second kappa shape index (κ2) is 8.84. The number of ketones is 1. The normalized spacial score (nSPS) is 10.8. The molecule has 1 aromatic heterocycles. The van der Waals surface area contributed by atoms with Crippen LogP contribution in [0.15, 0.2) is 48.5 Å². The van der Waals surface area contributed by atoms with Crippen LogP contribution in [0.2, 0.25) is 5.02 Å². The summed E-state index contributed by atoms with van der Waals surface area (Å²) in [6, 6.07) is 14.8. The van der Waals surface area contributed by atoms with Crippen molar-refractivity contribution in [3.63, 3.8) is 0 Å². The number of H-pyrrole nitrogens is 1. The average molecular weight is 385 g/mol. The molecule has 0 saturated heterocycles. The number of Topliss-reactive ketones (excluding diaryl/α,β-unsaturated/α-hetero) is 1. The van der Waals surface area contributed by atoms with Crippen molar-refractivity contribution in [2.24, 2.45) is 0 Å². The van der Waals surface area contributed by atoms with Crippen LogP contribution in [0.25, 0.3) is 22.6 Å². The summed E-state index contributed by atoms with van der Waals surface area (Å²) in [5.41, 5.74) is 2.80. The molecule has 0 bridgehead atoms. The summed E-state index contributed by atoms with van der Waals surface area (Å²) >= 11 is 5.96. The molecule has 3 rings (SSSR count). The van der Waals surface area contributed by atoms with Gasteiger partial charge in [0, 0.05) is 29.7 Å². The minimum atomic E-state index is -0.0745. The second-order valence-electron chi connectivity index (χ2n) is 5.94. The molecule has 0 saturated carbocycles. The Morgan fingerprint density at radius 1 is 1.04 bits per heavy atom. The number of nitrogens with zero attached hydrogens (tertiary/aromatic N) is 1. The van der Waals surface area contributed by atoms with Crippen LogP contribution in [-0.2, 0) is 4.74 Å². The van der Waals surface area contributed by atoms with Crippen molar-refractivity contribution < 1.29 is 14.3 Å². The molecule has 27 heavy (non-hydrogen) atoms. The molecule has 0 radical (unpaired) electrons. The van der Waals surface area contributed by atoms with Crippen molar-refractivity contribution in [1.82, 2.24) is 9.97 Å². The number of aromatic nitrogens is 2. The number of nitrogens with one attached hydrogen (secondary N) is 1. The first-order valence-corrected chi connectivity index (χ1v) is 9.14. The van der Waals surface area contributed by atoms with Crippen LogP contribution in [0.3, 0.4) is 0 Å². The van der Waals surface area contributed by atoms with Gasteiger partial charge in [0.05, 0.1) is 12.3 Å². The molecule has 5 nitrogen and oxygen atoms in total. The number of ether oxygens (including phenoxy) is 2. The summed E-state index contributed by atoms with van der Waals surface area (Å²) in [5.74, 6) is 1.32. The first-order valence-electron chi connectivity index (χ1n) is 8.76. The molecule has 0 atom stereocenters. The molecular weight excluding hydrogens is 364 g/mol. The molecule has 1 heterocycles. The van der Waals surface area contributed by atoms with Gasteiger partial charge in [0.25, 0.3) is 0 Å². The SMILES string of the molecule is CCOCCOc1ccc(-c2nc(-c3ccc(Cl)cc3)c(C(C)=O)[nH]2)cc1. The van der Waals surface area contributed by atoms with E-state index in [-0.39, 0.29) is 5.78 Å². The Labute approximate surface area is 163 Å². The Balaban J connectivity index is 1.83. The lowest BCUT2D eigenvalue weighted by Crippen LogP contribution is -2.06. The zero-order chi connectivity index (χ0) is 19.2. The number of imidazole rings is 1. The van der Waals surface area contributed by atoms with Crippen LogP contribution in [0.1, 0.15) is 24.3 Å². The standard InChI is InChI=1S/C21H21ClN2O3/c1-3-26-12-13-27-18-10-6-16(7-11-18)21-23-19(14(2)25)20(24-21)15-4-8-17(22)9-5-15/h4-11H,3,12-13H2,1-2H3,(H,23,24). The van der Waals surface area contributed by atoms with Crippen LogP contribution in [0.5, 0.6) is 5.75 Å². The highest BCUT2D eigenvalue weighted by Crippen LogP contribution is 2.28. The number of hydrogen-bond donors (Lipinski definition) is 1. The average Bonchev–Trinajstić information content (AvgIpc) is 3.12. The fourth-order valence-electron chi connectivity index (χ4n) is 2.65. The van der Waals surface area contributed by atoms with E-state index in [9.17, 15) is 4.79 Å². The van der Waals surface area contributed by atoms with Gasteiger partial charge in [0.15, 0.2) is 5.78 Å². The van der Waals surface area contributed by atoms with Crippen molar-refractivity contribution in [1.29, 1.82) is 0 Å². The Morgan fingerprint density at radius 2 is 1.70 bits per heavy atom. The van der Waals surface area contributed by atoms with E-state index in [1.807, 2.05) is 43.3 Å². The molecule has 0 fully saturated rings. The van der Waals surface area contributed by atoms with Gasteiger partial charge in [0.1, 0.15) is 23.9 Å². The van der Waals surface area contributed by atoms with Crippen molar-refractivity contribution in [2.75, 3.05) is 19.8 Å². The number of benzene rings is 2. The van der Waals surface area contributed by atoms with Gasteiger partial charge in [-0.15, -0.1) is 0 Å². The van der Waals surface area contributed by atoms with Gasteiger partial charge < -0.3 is 14.5 Å². The van der Waals surface area contributed by atoms with E-state index in [1.54, 1.807) is 12.1 Å². The van der Waals surface area contributed by atoms with Gasteiger partial charge in [-0.25, -0.2) is 4.98 Å². The highest BCUT2D eigenvalue weighted by molar-refractivity contribution is 6.30. The van der Waals surface area contributed by atoms with E-state index in [0.29, 0.717) is 42.1 Å². The number of carbonyl (C=O) groups excluding carboxylic acids is 1. The highest BCUT2D eigenvalue weighted by Gasteiger charge is 2.16. The highest BCUT2D eigenvalue weighted by atomic mass is 35.5. The van der Waals surface area contributed by atoms with Crippen molar-refractivity contribution in [3.05, 3.63) is 59.2 Å². The molecule has 2 aromatic carbocycles. The lowest BCUT2D eigenvalue weighted by molar-refractivity contribution is 0.101. The molecule has 0 spiro atoms. The van der Waals surface area contributed by atoms with Gasteiger partial charge in [-0.1, -0.05) is 23.7 Å². The molecule has 0 amide bonds. The van der Waals surface area contributed by atoms with E-state index >= 15 is 0 Å². The summed E-state index contributed by atoms with van der Waals surface area (Å²) in [6.07, 6.45) is 0. The first kappa shape index (κ1) is 19.1. The Kier molecular flexibility index (Phi) is 6.27. The Morgan fingerprint density at radius 3 is 2.33 bits per heavy atom. The predicted octanol–water partition coefficient (Wildman–Crippen LogP) is 5.02. The van der Waals surface area contributed by atoms with E-state index in [2.05, 4.69) is 9.97 Å². The number of carbonyl (C=O) groups is 1. The molecule has 0 aliphatic carbocycles. The van der Waals surface area contributed by atoms with E-state index in [0.717, 1.165) is 16.9 Å². The van der Waals surface area contributed by atoms with Gasteiger partial charge in [-0.2, -0.15) is 0 Å². The first-order chi connectivity index (χ1) is 13.1. The minimum Gasteiger partial charge on any atom is -0.491 e. The summed E-state index contributed by atoms with van der Waals surface area (Å²) in [6.45, 7) is 5.21. The van der Waals surface area contributed by atoms with E-state index in [1.165, 1.54) is 6.92 Å².